The minimum atomic E-state index is -0.556. The third-order valence-electron chi connectivity index (χ3n) is 2.92. The summed E-state index contributed by atoms with van der Waals surface area (Å²) < 4.78 is 0. The van der Waals surface area contributed by atoms with E-state index in [4.69, 9.17) is 0 Å². The monoisotopic (exact) mass is 258 g/mol. The van der Waals surface area contributed by atoms with E-state index in [9.17, 15) is 20.2 Å². The molecule has 0 amide bonds. The molecule has 1 heterocycles. The number of nitro groups is 2. The minimum absolute atomic E-state index is 0.103. The molecule has 0 aliphatic carbocycles. The van der Waals surface area contributed by atoms with Crippen LogP contribution in [-0.4, -0.2) is 16.2 Å². The highest BCUT2D eigenvalue weighted by Crippen LogP contribution is 2.44. The number of benzene rings is 2. The lowest BCUT2D eigenvalue weighted by Gasteiger charge is -2.13. The Balaban J connectivity index is 2.48. The van der Waals surface area contributed by atoms with E-state index >= 15 is 0 Å². The molecule has 0 bridgehead atoms. The van der Waals surface area contributed by atoms with E-state index in [1.54, 1.807) is 0 Å². The average Bonchev–Trinajstić information content (AvgIpc) is 2.39. The Hall–Kier alpha value is -3.03. The minimum Gasteiger partial charge on any atom is -0.346 e. The third-order valence-corrected chi connectivity index (χ3v) is 2.92. The van der Waals surface area contributed by atoms with Crippen LogP contribution in [0.3, 0.4) is 0 Å². The molecule has 0 atom stereocenters. The molecular formula is C11H6N4O4. The van der Waals surface area contributed by atoms with E-state index in [0.717, 1.165) is 0 Å². The van der Waals surface area contributed by atoms with E-state index in [1.165, 1.54) is 30.6 Å². The van der Waals surface area contributed by atoms with E-state index < -0.39 is 9.85 Å². The molecule has 0 spiro atoms. The normalized spacial score (nSPS) is 12.2. The standard InChI is InChI=1S/C11H6N4O4/c16-14(17)8-4-2-7-10-6(8)1-3-9(15(18)19)11(10)13-5-12-7/h1-5H,(H,12,13). The second kappa shape index (κ2) is 3.73. The Kier molecular flexibility index (Phi) is 2.18. The fourth-order valence-corrected chi connectivity index (χ4v) is 2.13. The predicted molar refractivity (Wildman–Crippen MR) is 69.0 cm³/mol. The molecule has 1 aliphatic rings. The average molecular weight is 258 g/mol. The Bertz CT molecular complexity index is 769. The first-order valence-electron chi connectivity index (χ1n) is 5.27. The quantitative estimate of drug-likeness (QED) is 0.657. The molecule has 19 heavy (non-hydrogen) atoms. The van der Waals surface area contributed by atoms with Gasteiger partial charge in [0, 0.05) is 17.5 Å². The van der Waals surface area contributed by atoms with Crippen molar-refractivity contribution in [2.24, 2.45) is 4.99 Å². The zero-order chi connectivity index (χ0) is 13.6. The van der Waals surface area contributed by atoms with Gasteiger partial charge in [0.15, 0.2) is 5.69 Å². The molecular weight excluding hydrogens is 252 g/mol. The van der Waals surface area contributed by atoms with Crippen molar-refractivity contribution in [3.05, 3.63) is 44.5 Å². The summed E-state index contributed by atoms with van der Waals surface area (Å²) in [6.07, 6.45) is 1.33. The SMILES string of the molecule is O=[N+]([O-])c1ccc2c([N+](=O)[O-])ccc3c2c1N=CN3. The van der Waals surface area contributed by atoms with Crippen molar-refractivity contribution in [3.63, 3.8) is 0 Å². The number of anilines is 1. The summed E-state index contributed by atoms with van der Waals surface area (Å²) in [5.41, 5.74) is 0.426. The molecule has 2 aromatic carbocycles. The topological polar surface area (TPSA) is 111 Å². The van der Waals surface area contributed by atoms with Crippen molar-refractivity contribution in [1.82, 2.24) is 0 Å². The Morgan fingerprint density at radius 1 is 1.00 bits per heavy atom. The lowest BCUT2D eigenvalue weighted by Crippen LogP contribution is -2.03. The van der Waals surface area contributed by atoms with Crippen LogP contribution in [0.15, 0.2) is 29.3 Å². The van der Waals surface area contributed by atoms with Crippen LogP contribution >= 0.6 is 0 Å². The zero-order valence-electron chi connectivity index (χ0n) is 9.36. The van der Waals surface area contributed by atoms with Crippen molar-refractivity contribution in [2.45, 2.75) is 0 Å². The number of rotatable bonds is 2. The summed E-state index contributed by atoms with van der Waals surface area (Å²) in [6, 6.07) is 5.48. The van der Waals surface area contributed by atoms with Crippen LogP contribution < -0.4 is 5.32 Å². The van der Waals surface area contributed by atoms with Crippen LogP contribution in [0.2, 0.25) is 0 Å². The summed E-state index contributed by atoms with van der Waals surface area (Å²) in [7, 11) is 0. The van der Waals surface area contributed by atoms with E-state index in [2.05, 4.69) is 10.3 Å². The van der Waals surface area contributed by atoms with Crippen LogP contribution in [0, 0.1) is 20.2 Å². The molecule has 0 aromatic heterocycles. The molecule has 0 fully saturated rings. The molecule has 94 valence electrons. The summed E-state index contributed by atoms with van der Waals surface area (Å²) in [5.74, 6) is 0. The first kappa shape index (κ1) is 11.1. The van der Waals surface area contributed by atoms with Gasteiger partial charge in [-0.25, -0.2) is 4.99 Å². The molecule has 1 N–H and O–H groups in total. The maximum atomic E-state index is 11.0. The first-order chi connectivity index (χ1) is 9.09. The highest BCUT2D eigenvalue weighted by atomic mass is 16.6. The van der Waals surface area contributed by atoms with E-state index in [0.29, 0.717) is 16.5 Å². The second-order valence-corrected chi connectivity index (χ2v) is 3.90. The molecule has 8 nitrogen and oxygen atoms in total. The number of nitro benzene ring substituents is 2. The van der Waals surface area contributed by atoms with Crippen molar-refractivity contribution < 1.29 is 9.85 Å². The molecule has 2 aromatic rings. The number of hydrogen-bond donors (Lipinski definition) is 1. The lowest BCUT2D eigenvalue weighted by atomic mass is 10.0. The smallest absolute Gasteiger partial charge is 0.295 e. The van der Waals surface area contributed by atoms with Crippen molar-refractivity contribution in [1.29, 1.82) is 0 Å². The van der Waals surface area contributed by atoms with Gasteiger partial charge in [0.05, 0.1) is 27.3 Å². The maximum Gasteiger partial charge on any atom is 0.295 e. The third kappa shape index (κ3) is 1.50. The number of nitrogens with one attached hydrogen (secondary N) is 1. The highest BCUT2D eigenvalue weighted by Gasteiger charge is 2.24. The van der Waals surface area contributed by atoms with Crippen LogP contribution in [-0.2, 0) is 0 Å². The maximum absolute atomic E-state index is 11.0. The van der Waals surface area contributed by atoms with Crippen molar-refractivity contribution >= 4 is 39.9 Å². The number of aliphatic imine (C=N–C) groups is 1. The molecule has 0 unspecified atom stereocenters. The Morgan fingerprint density at radius 3 is 2.37 bits per heavy atom. The lowest BCUT2D eigenvalue weighted by molar-refractivity contribution is -0.384. The molecule has 0 radical (unpaired) electrons. The predicted octanol–water partition coefficient (Wildman–Crippen LogP) is 2.74. The molecule has 0 saturated carbocycles. The second-order valence-electron chi connectivity index (χ2n) is 3.90. The summed E-state index contributed by atoms with van der Waals surface area (Å²) in [4.78, 5) is 24.8. The van der Waals surface area contributed by atoms with Crippen LogP contribution in [0.25, 0.3) is 10.8 Å². The van der Waals surface area contributed by atoms with Gasteiger partial charge in [0.2, 0.25) is 0 Å². The van der Waals surface area contributed by atoms with Crippen molar-refractivity contribution in [2.75, 3.05) is 5.32 Å². The van der Waals surface area contributed by atoms with Gasteiger partial charge in [-0.15, -0.1) is 0 Å². The largest absolute Gasteiger partial charge is 0.346 e. The van der Waals surface area contributed by atoms with Gasteiger partial charge >= 0.3 is 0 Å². The van der Waals surface area contributed by atoms with Crippen molar-refractivity contribution in [3.8, 4) is 0 Å². The highest BCUT2D eigenvalue weighted by molar-refractivity contribution is 6.13. The molecule has 3 rings (SSSR count). The van der Waals surface area contributed by atoms with E-state index in [-0.39, 0.29) is 17.1 Å². The van der Waals surface area contributed by atoms with Crippen LogP contribution in [0.5, 0.6) is 0 Å². The molecule has 0 saturated heterocycles. The van der Waals surface area contributed by atoms with Gasteiger partial charge in [-0.3, -0.25) is 20.2 Å². The molecule has 8 heteroatoms. The van der Waals surface area contributed by atoms with Gasteiger partial charge in [-0.05, 0) is 12.1 Å². The Labute approximate surface area is 105 Å². The fourth-order valence-electron chi connectivity index (χ4n) is 2.13. The fraction of sp³-hybridized carbons (Fsp3) is 0. The Morgan fingerprint density at radius 2 is 1.68 bits per heavy atom. The van der Waals surface area contributed by atoms with Gasteiger partial charge in [0.1, 0.15) is 0 Å². The zero-order valence-corrected chi connectivity index (χ0v) is 9.36. The summed E-state index contributed by atoms with van der Waals surface area (Å²) >= 11 is 0. The number of hydrogen-bond acceptors (Lipinski definition) is 6. The van der Waals surface area contributed by atoms with Gasteiger partial charge < -0.3 is 5.32 Å². The van der Waals surface area contributed by atoms with Gasteiger partial charge in [0.25, 0.3) is 11.4 Å². The number of nitrogens with zero attached hydrogens (tertiary/aromatic N) is 3. The summed E-state index contributed by atoms with van der Waals surface area (Å²) in [5, 5.41) is 25.5. The summed E-state index contributed by atoms with van der Waals surface area (Å²) in [6.45, 7) is 0. The van der Waals surface area contributed by atoms with E-state index in [1.807, 2.05) is 0 Å². The first-order valence-corrected chi connectivity index (χ1v) is 5.27. The van der Waals surface area contributed by atoms with Crippen LogP contribution in [0.1, 0.15) is 0 Å². The van der Waals surface area contributed by atoms with Crippen LogP contribution in [0.4, 0.5) is 22.7 Å². The molecule has 1 aliphatic heterocycles. The number of non-ortho nitro benzene ring substituents is 1. The van der Waals surface area contributed by atoms with Gasteiger partial charge in [-0.1, -0.05) is 0 Å². The van der Waals surface area contributed by atoms with Gasteiger partial charge in [-0.2, -0.15) is 0 Å².